The van der Waals surface area contributed by atoms with Crippen LogP contribution in [0.15, 0.2) is 42.0 Å². The van der Waals surface area contributed by atoms with Gasteiger partial charge in [-0.2, -0.15) is 8.78 Å². The van der Waals surface area contributed by atoms with Crippen LogP contribution >= 0.6 is 0 Å². The summed E-state index contributed by atoms with van der Waals surface area (Å²) < 4.78 is 63.5. The molecule has 0 radical (unpaired) electrons. The first-order valence-electron chi connectivity index (χ1n) is 14.0. The number of hydrogen-bond donors (Lipinski definition) is 0. The molecule has 2 fully saturated rings. The molecule has 1 heterocycles. The highest BCUT2D eigenvalue weighted by Crippen LogP contribution is 2.31. The first kappa shape index (κ1) is 29.9. The maximum atomic E-state index is 14.3. The summed E-state index contributed by atoms with van der Waals surface area (Å²) in [5.74, 6) is -1.15. The molecule has 0 unspecified atom stereocenters. The standard InChI is InChI=1S/C31H38F4N2O3/c1-21(15-23-10-12-25(32)17-27(23)33)18-37(20-26-9-6-14-36(26)19-22-7-4-3-5-8-22)30(38)24-11-13-28(39-2)29(16-24)40-31(34)35/h10-13,15-17,22,26,31H,3-9,14,18-20H2,1-2H3/b21-15+/t26-/m0/s1. The number of amides is 1. The molecule has 1 aliphatic carbocycles. The molecule has 1 atom stereocenters. The zero-order chi connectivity index (χ0) is 28.6. The molecule has 2 aromatic carbocycles. The quantitative estimate of drug-likeness (QED) is 0.273. The summed E-state index contributed by atoms with van der Waals surface area (Å²) in [5.41, 5.74) is 1.12. The number of carbonyl (C=O) groups excluding carboxylic acids is 1. The largest absolute Gasteiger partial charge is 0.493 e. The summed E-state index contributed by atoms with van der Waals surface area (Å²) in [6.45, 7) is 1.35. The van der Waals surface area contributed by atoms with E-state index in [4.69, 9.17) is 4.74 Å². The summed E-state index contributed by atoms with van der Waals surface area (Å²) in [6, 6.07) is 7.77. The number of likely N-dealkylation sites (tertiary alicyclic amines) is 1. The van der Waals surface area contributed by atoms with Gasteiger partial charge in [-0.05, 0) is 75.4 Å². The molecule has 1 saturated carbocycles. The predicted octanol–water partition coefficient (Wildman–Crippen LogP) is 7.17. The van der Waals surface area contributed by atoms with Gasteiger partial charge < -0.3 is 14.4 Å². The van der Waals surface area contributed by atoms with E-state index in [1.165, 1.54) is 69.5 Å². The Kier molecular flexibility index (Phi) is 10.5. The number of alkyl halides is 2. The molecular formula is C31H38F4N2O3. The fourth-order valence-corrected chi connectivity index (χ4v) is 5.93. The molecular weight excluding hydrogens is 524 g/mol. The van der Waals surface area contributed by atoms with E-state index in [9.17, 15) is 22.4 Å². The van der Waals surface area contributed by atoms with E-state index < -0.39 is 18.2 Å². The monoisotopic (exact) mass is 562 g/mol. The number of halogens is 4. The summed E-state index contributed by atoms with van der Waals surface area (Å²) >= 11 is 0. The number of carbonyl (C=O) groups is 1. The zero-order valence-electron chi connectivity index (χ0n) is 23.2. The number of ether oxygens (including phenoxy) is 2. The smallest absolute Gasteiger partial charge is 0.387 e. The first-order valence-corrected chi connectivity index (χ1v) is 14.0. The van der Waals surface area contributed by atoms with Crippen molar-refractivity contribution in [1.29, 1.82) is 0 Å². The van der Waals surface area contributed by atoms with Crippen LogP contribution in [0.5, 0.6) is 11.5 Å². The third-order valence-corrected chi connectivity index (χ3v) is 7.87. The molecule has 2 aliphatic rings. The lowest BCUT2D eigenvalue weighted by molar-refractivity contribution is -0.0512. The van der Waals surface area contributed by atoms with Crippen LogP contribution in [-0.4, -0.2) is 61.6 Å². The number of rotatable bonds is 11. The molecule has 1 amide bonds. The van der Waals surface area contributed by atoms with Crippen LogP contribution in [0.1, 0.15) is 67.8 Å². The summed E-state index contributed by atoms with van der Waals surface area (Å²) in [4.78, 5) is 18.0. The zero-order valence-corrected chi connectivity index (χ0v) is 23.2. The first-order chi connectivity index (χ1) is 19.2. The Labute approximate surface area is 233 Å². The minimum absolute atomic E-state index is 0.0979. The number of methoxy groups -OCH3 is 1. The van der Waals surface area contributed by atoms with E-state index in [2.05, 4.69) is 9.64 Å². The normalized spacial score (nSPS) is 18.8. The van der Waals surface area contributed by atoms with E-state index in [0.29, 0.717) is 18.0 Å². The molecule has 0 aromatic heterocycles. The van der Waals surface area contributed by atoms with Gasteiger partial charge in [-0.25, -0.2) is 8.78 Å². The maximum absolute atomic E-state index is 14.3. The van der Waals surface area contributed by atoms with Crippen molar-refractivity contribution in [3.05, 3.63) is 64.7 Å². The van der Waals surface area contributed by atoms with E-state index in [1.807, 2.05) is 0 Å². The van der Waals surface area contributed by atoms with Crippen molar-refractivity contribution in [2.24, 2.45) is 5.92 Å². The van der Waals surface area contributed by atoms with Crippen molar-refractivity contribution in [2.75, 3.05) is 33.3 Å². The van der Waals surface area contributed by atoms with Gasteiger partial charge in [0.05, 0.1) is 7.11 Å². The molecule has 1 saturated heterocycles. The summed E-state index contributed by atoms with van der Waals surface area (Å²) in [6.07, 6.45) is 9.88. The minimum Gasteiger partial charge on any atom is -0.493 e. The molecule has 218 valence electrons. The topological polar surface area (TPSA) is 42.0 Å². The molecule has 5 nitrogen and oxygen atoms in total. The third-order valence-electron chi connectivity index (χ3n) is 7.87. The van der Waals surface area contributed by atoms with Gasteiger partial charge in [-0.3, -0.25) is 9.69 Å². The summed E-state index contributed by atoms with van der Waals surface area (Å²) in [5, 5.41) is 0. The maximum Gasteiger partial charge on any atom is 0.387 e. The van der Waals surface area contributed by atoms with Crippen molar-refractivity contribution in [3.63, 3.8) is 0 Å². The Balaban J connectivity index is 1.58. The highest BCUT2D eigenvalue weighted by molar-refractivity contribution is 5.95. The van der Waals surface area contributed by atoms with Crippen LogP contribution in [0.4, 0.5) is 17.6 Å². The van der Waals surface area contributed by atoms with Crippen LogP contribution in [0.25, 0.3) is 6.08 Å². The predicted molar refractivity (Wildman–Crippen MR) is 147 cm³/mol. The third kappa shape index (κ3) is 7.99. The Hall–Kier alpha value is -3.07. The van der Waals surface area contributed by atoms with Gasteiger partial charge in [0, 0.05) is 42.9 Å². The number of nitrogens with zero attached hydrogens (tertiary/aromatic N) is 2. The number of hydrogen-bond acceptors (Lipinski definition) is 4. The van der Waals surface area contributed by atoms with Gasteiger partial charge in [-0.15, -0.1) is 0 Å². The Morgan fingerprint density at radius 3 is 2.52 bits per heavy atom. The number of benzene rings is 2. The Morgan fingerprint density at radius 1 is 1.05 bits per heavy atom. The highest BCUT2D eigenvalue weighted by Gasteiger charge is 2.31. The minimum atomic E-state index is -3.07. The van der Waals surface area contributed by atoms with Gasteiger partial charge in [0.1, 0.15) is 11.6 Å². The van der Waals surface area contributed by atoms with Gasteiger partial charge in [0.25, 0.3) is 5.91 Å². The molecule has 0 bridgehead atoms. The molecule has 0 spiro atoms. The second-order valence-electron chi connectivity index (χ2n) is 10.9. The lowest BCUT2D eigenvalue weighted by atomic mass is 9.89. The fourth-order valence-electron chi connectivity index (χ4n) is 5.93. The molecule has 0 N–H and O–H groups in total. The van der Waals surface area contributed by atoms with Crippen molar-refractivity contribution in [1.82, 2.24) is 9.80 Å². The SMILES string of the molecule is COc1ccc(C(=O)N(C/C(C)=C/c2ccc(F)cc2F)C[C@@H]2CCCN2CC2CCCCC2)cc1OC(F)F. The lowest BCUT2D eigenvalue weighted by Gasteiger charge is -2.34. The lowest BCUT2D eigenvalue weighted by Crippen LogP contribution is -2.45. The van der Waals surface area contributed by atoms with Crippen LogP contribution in [-0.2, 0) is 0 Å². The Bertz CT molecular complexity index is 1180. The second kappa shape index (κ2) is 14.0. The fraction of sp³-hybridized carbons (Fsp3) is 0.516. The van der Waals surface area contributed by atoms with Gasteiger partial charge in [-0.1, -0.05) is 30.9 Å². The van der Waals surface area contributed by atoms with Gasteiger partial charge >= 0.3 is 6.61 Å². The van der Waals surface area contributed by atoms with E-state index in [-0.39, 0.29) is 41.1 Å². The van der Waals surface area contributed by atoms with Crippen molar-refractivity contribution in [2.45, 2.75) is 64.5 Å². The van der Waals surface area contributed by atoms with Gasteiger partial charge in [0.2, 0.25) is 0 Å². The van der Waals surface area contributed by atoms with Crippen molar-refractivity contribution < 1.29 is 31.8 Å². The van der Waals surface area contributed by atoms with Crippen molar-refractivity contribution in [3.8, 4) is 11.5 Å². The van der Waals surface area contributed by atoms with Crippen molar-refractivity contribution >= 4 is 12.0 Å². The van der Waals surface area contributed by atoms with Crippen LogP contribution in [0.2, 0.25) is 0 Å². The molecule has 1 aliphatic heterocycles. The highest BCUT2D eigenvalue weighted by atomic mass is 19.3. The van der Waals surface area contributed by atoms with Crippen LogP contribution in [0.3, 0.4) is 0 Å². The van der Waals surface area contributed by atoms with E-state index in [1.54, 1.807) is 17.9 Å². The average molecular weight is 563 g/mol. The van der Waals surface area contributed by atoms with Gasteiger partial charge in [0.15, 0.2) is 11.5 Å². The molecule has 4 rings (SSSR count). The average Bonchev–Trinajstić information content (AvgIpc) is 3.36. The van der Waals surface area contributed by atoms with E-state index in [0.717, 1.165) is 32.0 Å². The van der Waals surface area contributed by atoms with Crippen LogP contribution in [0, 0.1) is 17.6 Å². The Morgan fingerprint density at radius 2 is 1.82 bits per heavy atom. The second-order valence-corrected chi connectivity index (χ2v) is 10.9. The van der Waals surface area contributed by atoms with Crippen LogP contribution < -0.4 is 9.47 Å². The molecule has 40 heavy (non-hydrogen) atoms. The molecule has 2 aromatic rings. The summed E-state index contributed by atoms with van der Waals surface area (Å²) in [7, 11) is 1.34. The van der Waals surface area contributed by atoms with E-state index >= 15 is 0 Å². The molecule has 9 heteroatoms.